The van der Waals surface area contributed by atoms with Crippen molar-refractivity contribution < 1.29 is 4.74 Å². The molecule has 0 N–H and O–H groups in total. The molecule has 2 rings (SSSR count). The van der Waals surface area contributed by atoms with Crippen molar-refractivity contribution in [2.45, 2.75) is 19.3 Å². The Morgan fingerprint density at radius 1 is 1.24 bits per heavy atom. The fourth-order valence-corrected chi connectivity index (χ4v) is 2.12. The third-order valence-electron chi connectivity index (χ3n) is 3.06. The molecular formula is C14H18Cl2O. The normalized spacial score (nSPS) is 17.1. The smallest absolute Gasteiger partial charge is 0.0509 e. The first-order valence-electron chi connectivity index (χ1n) is 6.16. The van der Waals surface area contributed by atoms with Crippen LogP contribution in [0.15, 0.2) is 24.3 Å². The molecule has 0 bridgehead atoms. The molecule has 1 saturated carbocycles. The predicted molar refractivity (Wildman–Crippen MR) is 72.9 cm³/mol. The van der Waals surface area contributed by atoms with Crippen LogP contribution in [0.4, 0.5) is 0 Å². The Labute approximate surface area is 113 Å². The van der Waals surface area contributed by atoms with Gasteiger partial charge < -0.3 is 4.74 Å². The van der Waals surface area contributed by atoms with Crippen LogP contribution < -0.4 is 0 Å². The average Bonchev–Trinajstić information content (AvgIpc) is 3.14. The van der Waals surface area contributed by atoms with Crippen LogP contribution in [0.1, 0.15) is 18.4 Å². The third kappa shape index (κ3) is 4.87. The number of rotatable bonds is 7. The van der Waals surface area contributed by atoms with Gasteiger partial charge in [-0.2, -0.15) is 0 Å². The highest BCUT2D eigenvalue weighted by atomic mass is 35.5. The molecule has 1 nitrogen and oxygen atoms in total. The van der Waals surface area contributed by atoms with Crippen molar-refractivity contribution in [1.29, 1.82) is 0 Å². The van der Waals surface area contributed by atoms with Crippen molar-refractivity contribution in [1.82, 2.24) is 0 Å². The van der Waals surface area contributed by atoms with E-state index in [9.17, 15) is 0 Å². The van der Waals surface area contributed by atoms with Crippen molar-refractivity contribution in [2.75, 3.05) is 19.1 Å². The van der Waals surface area contributed by atoms with Gasteiger partial charge in [-0.15, -0.1) is 11.6 Å². The van der Waals surface area contributed by atoms with Gasteiger partial charge in [-0.25, -0.2) is 0 Å². The molecule has 1 unspecified atom stereocenters. The summed E-state index contributed by atoms with van der Waals surface area (Å²) in [5.74, 6) is 1.87. The zero-order valence-corrected chi connectivity index (χ0v) is 11.4. The highest BCUT2D eigenvalue weighted by Gasteiger charge is 2.21. The summed E-state index contributed by atoms with van der Waals surface area (Å²) in [6.45, 7) is 1.68. The summed E-state index contributed by atoms with van der Waals surface area (Å²) >= 11 is 11.8. The fraction of sp³-hybridized carbons (Fsp3) is 0.571. The lowest BCUT2D eigenvalue weighted by Gasteiger charge is -2.14. The van der Waals surface area contributed by atoms with Crippen LogP contribution in [-0.2, 0) is 11.2 Å². The number of benzene rings is 1. The highest BCUT2D eigenvalue weighted by molar-refractivity contribution is 6.30. The largest absolute Gasteiger partial charge is 0.381 e. The van der Waals surface area contributed by atoms with E-state index in [4.69, 9.17) is 27.9 Å². The molecule has 1 fully saturated rings. The van der Waals surface area contributed by atoms with Gasteiger partial charge in [0, 0.05) is 17.5 Å². The lowest BCUT2D eigenvalue weighted by Crippen LogP contribution is -2.15. The zero-order chi connectivity index (χ0) is 12.1. The summed E-state index contributed by atoms with van der Waals surface area (Å²) in [5.41, 5.74) is 1.27. The molecule has 0 amide bonds. The van der Waals surface area contributed by atoms with Gasteiger partial charge in [-0.3, -0.25) is 0 Å². The molecule has 3 heteroatoms. The van der Waals surface area contributed by atoms with Crippen molar-refractivity contribution >= 4 is 23.2 Å². The number of ether oxygens (including phenoxy) is 1. The Hall–Kier alpha value is -0.240. The minimum Gasteiger partial charge on any atom is -0.381 e. The van der Waals surface area contributed by atoms with Crippen LogP contribution in [0.25, 0.3) is 0 Å². The molecule has 0 saturated heterocycles. The number of halogens is 2. The third-order valence-corrected chi connectivity index (χ3v) is 3.75. The minimum absolute atomic E-state index is 0.400. The van der Waals surface area contributed by atoms with E-state index in [0.717, 1.165) is 30.6 Å². The summed E-state index contributed by atoms with van der Waals surface area (Å²) in [6, 6.07) is 7.96. The van der Waals surface area contributed by atoms with Crippen LogP contribution in [0.5, 0.6) is 0 Å². The molecule has 1 aliphatic carbocycles. The molecule has 0 aliphatic heterocycles. The maximum atomic E-state index is 5.97. The van der Waals surface area contributed by atoms with E-state index in [-0.39, 0.29) is 0 Å². The van der Waals surface area contributed by atoms with Gasteiger partial charge in [-0.1, -0.05) is 23.7 Å². The van der Waals surface area contributed by atoms with Gasteiger partial charge >= 0.3 is 0 Å². The van der Waals surface area contributed by atoms with E-state index in [0.29, 0.717) is 11.8 Å². The first-order chi connectivity index (χ1) is 8.28. The summed E-state index contributed by atoms with van der Waals surface area (Å²) in [6.07, 6.45) is 3.64. The molecule has 0 spiro atoms. The second-order valence-electron chi connectivity index (χ2n) is 4.83. The molecule has 0 heterocycles. The maximum Gasteiger partial charge on any atom is 0.0509 e. The molecule has 1 aliphatic rings. The minimum atomic E-state index is 0.400. The van der Waals surface area contributed by atoms with Crippen LogP contribution in [0.3, 0.4) is 0 Å². The van der Waals surface area contributed by atoms with Crippen molar-refractivity contribution in [3.8, 4) is 0 Å². The molecular weight excluding hydrogens is 255 g/mol. The van der Waals surface area contributed by atoms with Gasteiger partial charge in [0.1, 0.15) is 0 Å². The Balaban J connectivity index is 1.74. The molecule has 0 radical (unpaired) electrons. The van der Waals surface area contributed by atoms with Crippen LogP contribution >= 0.6 is 23.2 Å². The quantitative estimate of drug-likeness (QED) is 0.678. The summed E-state index contributed by atoms with van der Waals surface area (Å²) in [4.78, 5) is 0. The first-order valence-corrected chi connectivity index (χ1v) is 7.07. The van der Waals surface area contributed by atoms with Crippen molar-refractivity contribution in [3.05, 3.63) is 34.9 Å². The van der Waals surface area contributed by atoms with E-state index in [2.05, 4.69) is 12.1 Å². The fourth-order valence-electron chi connectivity index (χ4n) is 1.80. The molecule has 17 heavy (non-hydrogen) atoms. The van der Waals surface area contributed by atoms with E-state index in [1.807, 2.05) is 12.1 Å². The standard InChI is InChI=1S/C14H18Cl2O/c15-8-13(10-17-9-12-1-2-12)7-11-3-5-14(16)6-4-11/h3-6,12-13H,1-2,7-10H2. The number of hydrogen-bond donors (Lipinski definition) is 0. The Bertz CT molecular complexity index is 333. The lowest BCUT2D eigenvalue weighted by atomic mass is 10.0. The van der Waals surface area contributed by atoms with Crippen LogP contribution in [0.2, 0.25) is 5.02 Å². The Kier molecular flexibility index (Phi) is 5.15. The van der Waals surface area contributed by atoms with Crippen LogP contribution in [0, 0.1) is 11.8 Å². The van der Waals surface area contributed by atoms with E-state index < -0.39 is 0 Å². The molecule has 1 atom stereocenters. The van der Waals surface area contributed by atoms with E-state index >= 15 is 0 Å². The summed E-state index contributed by atoms with van der Waals surface area (Å²) < 4.78 is 5.70. The predicted octanol–water partition coefficient (Wildman–Crippen LogP) is 4.16. The molecule has 94 valence electrons. The van der Waals surface area contributed by atoms with Gasteiger partial charge in [0.25, 0.3) is 0 Å². The second-order valence-corrected chi connectivity index (χ2v) is 5.58. The van der Waals surface area contributed by atoms with Gasteiger partial charge in [0.15, 0.2) is 0 Å². The van der Waals surface area contributed by atoms with Crippen LogP contribution in [-0.4, -0.2) is 19.1 Å². The van der Waals surface area contributed by atoms with Gasteiger partial charge in [0.2, 0.25) is 0 Å². The van der Waals surface area contributed by atoms with Crippen molar-refractivity contribution in [3.63, 3.8) is 0 Å². The van der Waals surface area contributed by atoms with Crippen molar-refractivity contribution in [2.24, 2.45) is 11.8 Å². The molecule has 0 aromatic heterocycles. The average molecular weight is 273 g/mol. The Morgan fingerprint density at radius 3 is 2.53 bits per heavy atom. The maximum absolute atomic E-state index is 5.97. The summed E-state index contributed by atoms with van der Waals surface area (Å²) in [5, 5.41) is 0.779. The molecule has 1 aromatic carbocycles. The summed E-state index contributed by atoms with van der Waals surface area (Å²) in [7, 11) is 0. The number of alkyl halides is 1. The lowest BCUT2D eigenvalue weighted by molar-refractivity contribution is 0.0972. The number of hydrogen-bond acceptors (Lipinski definition) is 1. The zero-order valence-electron chi connectivity index (χ0n) is 9.87. The van der Waals surface area contributed by atoms with E-state index in [1.54, 1.807) is 0 Å². The first kappa shape index (κ1) is 13.2. The molecule has 1 aromatic rings. The van der Waals surface area contributed by atoms with Gasteiger partial charge in [-0.05, 0) is 48.8 Å². The second kappa shape index (κ2) is 6.63. The SMILES string of the molecule is ClCC(COCC1CC1)Cc1ccc(Cl)cc1. The highest BCUT2D eigenvalue weighted by Crippen LogP contribution is 2.29. The monoisotopic (exact) mass is 272 g/mol. The Morgan fingerprint density at radius 2 is 1.94 bits per heavy atom. The topological polar surface area (TPSA) is 9.23 Å². The van der Waals surface area contributed by atoms with E-state index in [1.165, 1.54) is 18.4 Å². The van der Waals surface area contributed by atoms with Gasteiger partial charge in [0.05, 0.1) is 6.61 Å².